The summed E-state index contributed by atoms with van der Waals surface area (Å²) in [6.07, 6.45) is 1.81. The van der Waals surface area contributed by atoms with Crippen molar-refractivity contribution in [2.45, 2.75) is 32.7 Å². The predicted octanol–water partition coefficient (Wildman–Crippen LogP) is 3.29. The molecule has 0 spiro atoms. The molecule has 2 aromatic heterocycles. The highest BCUT2D eigenvalue weighted by Crippen LogP contribution is 2.22. The smallest absolute Gasteiger partial charge is 0.272 e. The van der Waals surface area contributed by atoms with E-state index in [0.29, 0.717) is 12.2 Å². The molecule has 1 N–H and O–H groups in total. The van der Waals surface area contributed by atoms with Crippen molar-refractivity contribution in [3.8, 4) is 0 Å². The van der Waals surface area contributed by atoms with Crippen molar-refractivity contribution in [2.24, 2.45) is 7.05 Å². The van der Waals surface area contributed by atoms with Crippen molar-refractivity contribution in [1.82, 2.24) is 25.0 Å². The van der Waals surface area contributed by atoms with Gasteiger partial charge in [0.2, 0.25) is 0 Å². The minimum absolute atomic E-state index is 0.0359. The first-order chi connectivity index (χ1) is 15.9. The monoisotopic (exact) mass is 446 g/mol. The third-order valence-electron chi connectivity index (χ3n) is 6.58. The van der Waals surface area contributed by atoms with Crippen LogP contribution in [0.3, 0.4) is 0 Å². The van der Waals surface area contributed by atoms with Crippen LogP contribution in [-0.4, -0.2) is 58.8 Å². The van der Waals surface area contributed by atoms with Crippen LogP contribution in [-0.2, 0) is 13.5 Å². The molecule has 1 aliphatic heterocycles. The zero-order valence-corrected chi connectivity index (χ0v) is 20.1. The molecule has 0 saturated carbocycles. The number of carbonyl (C=O) groups excluding carboxylic acids is 1. The first kappa shape index (κ1) is 23.0. The van der Waals surface area contributed by atoms with Crippen LogP contribution in [0, 0.1) is 13.8 Å². The Balaban J connectivity index is 1.37. The first-order valence-electron chi connectivity index (χ1n) is 11.7. The summed E-state index contributed by atoms with van der Waals surface area (Å²) in [5.41, 5.74) is 5.32. The minimum Gasteiger partial charge on any atom is -0.353 e. The fourth-order valence-corrected chi connectivity index (χ4v) is 4.55. The fraction of sp³-hybridized carbons (Fsp3) is 0.423. The molecule has 0 unspecified atom stereocenters. The maximum atomic E-state index is 13.1. The van der Waals surface area contributed by atoms with Gasteiger partial charge in [-0.1, -0.05) is 36.4 Å². The van der Waals surface area contributed by atoms with Gasteiger partial charge < -0.3 is 15.1 Å². The molecule has 1 saturated heterocycles. The maximum Gasteiger partial charge on any atom is 0.272 e. The Kier molecular flexibility index (Phi) is 7.08. The molecule has 1 fully saturated rings. The number of piperazine rings is 1. The van der Waals surface area contributed by atoms with Gasteiger partial charge in [0.15, 0.2) is 0 Å². The standard InChI is InChI=1S/C26H34N6O/c1-19-22(20(2)31(4)29-19)12-9-16-30(3)26(33)23-13-8-14-25(28-23)32-17-15-27-24(18-32)21-10-6-5-7-11-21/h5-8,10-11,13-14,24,27H,9,12,15-18H2,1-4H3/t24-/m1/s1. The van der Waals surface area contributed by atoms with E-state index in [-0.39, 0.29) is 11.9 Å². The summed E-state index contributed by atoms with van der Waals surface area (Å²) in [6, 6.07) is 16.5. The number of amides is 1. The third kappa shape index (κ3) is 5.25. The highest BCUT2D eigenvalue weighted by atomic mass is 16.2. The average Bonchev–Trinajstić information content (AvgIpc) is 3.10. The molecule has 3 heterocycles. The van der Waals surface area contributed by atoms with Gasteiger partial charge in [-0.15, -0.1) is 0 Å². The van der Waals surface area contributed by atoms with Crippen LogP contribution in [0.5, 0.6) is 0 Å². The molecular weight excluding hydrogens is 412 g/mol. The van der Waals surface area contributed by atoms with Crippen LogP contribution in [0.1, 0.15) is 45.5 Å². The number of hydrogen-bond donors (Lipinski definition) is 1. The van der Waals surface area contributed by atoms with Gasteiger partial charge in [-0.05, 0) is 49.9 Å². The number of carbonyl (C=O) groups is 1. The van der Waals surface area contributed by atoms with Gasteiger partial charge in [0, 0.05) is 52.0 Å². The van der Waals surface area contributed by atoms with E-state index in [1.165, 1.54) is 16.8 Å². The number of aryl methyl sites for hydroxylation is 2. The predicted molar refractivity (Wildman–Crippen MR) is 132 cm³/mol. The van der Waals surface area contributed by atoms with E-state index < -0.39 is 0 Å². The van der Waals surface area contributed by atoms with Crippen molar-refractivity contribution in [3.05, 3.63) is 76.7 Å². The van der Waals surface area contributed by atoms with E-state index >= 15 is 0 Å². The zero-order valence-electron chi connectivity index (χ0n) is 20.1. The Hall–Kier alpha value is -3.19. The lowest BCUT2D eigenvalue weighted by Crippen LogP contribution is -2.46. The van der Waals surface area contributed by atoms with Crippen molar-refractivity contribution in [2.75, 3.05) is 38.1 Å². The molecule has 0 aliphatic carbocycles. The van der Waals surface area contributed by atoms with Crippen molar-refractivity contribution in [3.63, 3.8) is 0 Å². The van der Waals surface area contributed by atoms with Gasteiger partial charge in [-0.2, -0.15) is 5.10 Å². The molecular formula is C26H34N6O. The normalized spacial score (nSPS) is 16.1. The SMILES string of the molecule is Cc1nn(C)c(C)c1CCCN(C)C(=O)c1cccc(N2CCN[C@@H](c3ccccc3)C2)n1. The topological polar surface area (TPSA) is 66.3 Å². The summed E-state index contributed by atoms with van der Waals surface area (Å²) >= 11 is 0. The second-order valence-electron chi connectivity index (χ2n) is 8.85. The Morgan fingerprint density at radius 2 is 1.94 bits per heavy atom. The number of nitrogens with one attached hydrogen (secondary N) is 1. The van der Waals surface area contributed by atoms with Gasteiger partial charge in [0.25, 0.3) is 5.91 Å². The van der Waals surface area contributed by atoms with E-state index in [0.717, 1.165) is 44.0 Å². The first-order valence-corrected chi connectivity index (χ1v) is 11.7. The molecule has 174 valence electrons. The Labute approximate surface area is 196 Å². The summed E-state index contributed by atoms with van der Waals surface area (Å²) in [7, 11) is 3.83. The zero-order chi connectivity index (χ0) is 23.4. The number of aromatic nitrogens is 3. The van der Waals surface area contributed by atoms with Crippen LogP contribution >= 0.6 is 0 Å². The van der Waals surface area contributed by atoms with E-state index in [9.17, 15) is 4.79 Å². The Morgan fingerprint density at radius 3 is 2.67 bits per heavy atom. The second-order valence-corrected chi connectivity index (χ2v) is 8.85. The number of rotatable bonds is 7. The van der Waals surface area contributed by atoms with E-state index in [1.54, 1.807) is 4.90 Å². The van der Waals surface area contributed by atoms with Crippen molar-refractivity contribution in [1.29, 1.82) is 0 Å². The average molecular weight is 447 g/mol. The molecule has 0 bridgehead atoms. The molecule has 3 aromatic rings. The highest BCUT2D eigenvalue weighted by Gasteiger charge is 2.23. The van der Waals surface area contributed by atoms with Crippen molar-refractivity contribution < 1.29 is 4.79 Å². The quantitative estimate of drug-likeness (QED) is 0.603. The summed E-state index contributed by atoms with van der Waals surface area (Å²) < 4.78 is 1.92. The lowest BCUT2D eigenvalue weighted by Gasteiger charge is -2.35. The molecule has 1 aromatic carbocycles. The molecule has 7 nitrogen and oxygen atoms in total. The third-order valence-corrected chi connectivity index (χ3v) is 6.58. The summed E-state index contributed by atoms with van der Waals surface area (Å²) in [5, 5.41) is 8.07. The number of benzene rings is 1. The maximum absolute atomic E-state index is 13.1. The molecule has 7 heteroatoms. The lowest BCUT2D eigenvalue weighted by atomic mass is 10.0. The molecule has 0 radical (unpaired) electrons. The van der Waals surface area contributed by atoms with Crippen molar-refractivity contribution >= 4 is 11.7 Å². The molecule has 33 heavy (non-hydrogen) atoms. The van der Waals surface area contributed by atoms with E-state index in [4.69, 9.17) is 4.98 Å². The molecule has 1 amide bonds. The Morgan fingerprint density at radius 1 is 1.15 bits per heavy atom. The van der Waals surface area contributed by atoms with Gasteiger partial charge in [0.05, 0.1) is 5.69 Å². The largest absolute Gasteiger partial charge is 0.353 e. The lowest BCUT2D eigenvalue weighted by molar-refractivity contribution is 0.0788. The molecule has 4 rings (SSSR count). The number of pyridine rings is 1. The van der Waals surface area contributed by atoms with Crippen LogP contribution in [0.2, 0.25) is 0 Å². The van der Waals surface area contributed by atoms with Gasteiger partial charge in [-0.3, -0.25) is 9.48 Å². The molecule has 1 atom stereocenters. The van der Waals surface area contributed by atoms with Crippen LogP contribution in [0.25, 0.3) is 0 Å². The van der Waals surface area contributed by atoms with Gasteiger partial charge in [0.1, 0.15) is 11.5 Å². The summed E-state index contributed by atoms with van der Waals surface area (Å²) in [4.78, 5) is 21.8. The van der Waals surface area contributed by atoms with Crippen LogP contribution < -0.4 is 10.2 Å². The summed E-state index contributed by atoms with van der Waals surface area (Å²) in [6.45, 7) is 7.40. The highest BCUT2D eigenvalue weighted by molar-refractivity contribution is 5.92. The van der Waals surface area contributed by atoms with E-state index in [2.05, 4.69) is 46.5 Å². The number of hydrogen-bond acceptors (Lipinski definition) is 5. The van der Waals surface area contributed by atoms with Gasteiger partial charge >= 0.3 is 0 Å². The van der Waals surface area contributed by atoms with Crippen LogP contribution in [0.15, 0.2) is 48.5 Å². The molecule has 1 aliphatic rings. The number of nitrogens with zero attached hydrogens (tertiary/aromatic N) is 5. The minimum atomic E-state index is -0.0359. The second kappa shape index (κ2) is 10.2. The van der Waals surface area contributed by atoms with Gasteiger partial charge in [-0.25, -0.2) is 4.98 Å². The number of anilines is 1. The summed E-state index contributed by atoms with van der Waals surface area (Å²) in [5.74, 6) is 0.824. The van der Waals surface area contributed by atoms with Crippen LogP contribution in [0.4, 0.5) is 5.82 Å². The fourth-order valence-electron chi connectivity index (χ4n) is 4.55. The van der Waals surface area contributed by atoms with E-state index in [1.807, 2.05) is 50.0 Å². The Bertz CT molecular complexity index is 1090.